The van der Waals surface area contributed by atoms with Crippen molar-refractivity contribution in [1.82, 2.24) is 5.16 Å². The van der Waals surface area contributed by atoms with Gasteiger partial charge in [0.1, 0.15) is 11.3 Å². The Hall–Kier alpha value is -3.80. The molecule has 1 N–H and O–H groups in total. The van der Waals surface area contributed by atoms with Crippen molar-refractivity contribution in [2.24, 2.45) is 11.8 Å². The second kappa shape index (κ2) is 7.90. The molecule has 0 radical (unpaired) electrons. The average molecular weight is 454 g/mol. The van der Waals surface area contributed by atoms with E-state index < -0.39 is 0 Å². The molecule has 4 aromatic rings. The largest absolute Gasteiger partial charge is 0.497 e. The zero-order chi connectivity index (χ0) is 23.4. The van der Waals surface area contributed by atoms with E-state index >= 15 is 0 Å². The number of rotatable bonds is 4. The maximum atomic E-state index is 13.8. The van der Waals surface area contributed by atoms with E-state index in [-0.39, 0.29) is 5.78 Å². The van der Waals surface area contributed by atoms with Crippen LogP contribution in [0.5, 0.6) is 5.75 Å². The molecule has 6 nitrogen and oxygen atoms in total. The molecule has 34 heavy (non-hydrogen) atoms. The minimum absolute atomic E-state index is 0.0198. The Labute approximate surface area is 198 Å². The third-order valence-corrected chi connectivity index (χ3v) is 6.94. The molecule has 6 rings (SSSR count). The number of hydrogen-bond donors (Lipinski definition) is 1. The number of nitrogens with one attached hydrogen (secondary N) is 1. The highest BCUT2D eigenvalue weighted by molar-refractivity contribution is 6.28. The number of carbonyl (C=O) groups excluding carboxylic acids is 1. The number of benzene rings is 3. The number of nitrogens with zero attached hydrogens (tertiary/aromatic N) is 2. The number of carbonyl (C=O) groups is 1. The van der Waals surface area contributed by atoms with Crippen LogP contribution in [0.4, 0.5) is 17.1 Å². The number of piperidine rings is 1. The van der Waals surface area contributed by atoms with Crippen molar-refractivity contribution in [3.8, 4) is 17.1 Å². The van der Waals surface area contributed by atoms with Gasteiger partial charge in [-0.15, -0.1) is 0 Å². The van der Waals surface area contributed by atoms with Crippen LogP contribution in [0, 0.1) is 11.8 Å². The van der Waals surface area contributed by atoms with Gasteiger partial charge in [-0.2, -0.15) is 0 Å². The molecule has 1 saturated heterocycles. The lowest BCUT2D eigenvalue weighted by molar-refractivity contribution is 0.104. The van der Waals surface area contributed by atoms with E-state index in [1.807, 2.05) is 48.5 Å². The first-order valence-corrected chi connectivity index (χ1v) is 11.8. The summed E-state index contributed by atoms with van der Waals surface area (Å²) in [5.74, 6) is 2.55. The van der Waals surface area contributed by atoms with Gasteiger partial charge in [-0.3, -0.25) is 4.79 Å². The lowest BCUT2D eigenvalue weighted by Crippen LogP contribution is -2.39. The summed E-state index contributed by atoms with van der Waals surface area (Å²) in [6, 6.07) is 17.4. The molecule has 1 aromatic heterocycles. The summed E-state index contributed by atoms with van der Waals surface area (Å²) in [5.41, 5.74) is 5.41. The summed E-state index contributed by atoms with van der Waals surface area (Å²) in [6.45, 7) is 6.48. The predicted octanol–water partition coefficient (Wildman–Crippen LogP) is 6.27. The fraction of sp³-hybridized carbons (Fsp3) is 0.286. The molecule has 3 aromatic carbocycles. The van der Waals surface area contributed by atoms with Gasteiger partial charge in [0.25, 0.3) is 0 Å². The summed E-state index contributed by atoms with van der Waals surface area (Å²) >= 11 is 0. The average Bonchev–Trinajstić information content (AvgIpc) is 3.27. The van der Waals surface area contributed by atoms with Gasteiger partial charge >= 0.3 is 0 Å². The Morgan fingerprint density at radius 3 is 2.56 bits per heavy atom. The molecule has 172 valence electrons. The van der Waals surface area contributed by atoms with Crippen LogP contribution >= 0.6 is 0 Å². The standard InChI is InChI=1S/C28H27N3O3/c1-16-11-17(2)15-31(14-16)23-13-22(29-18-7-6-8-19(12-18)33-3)24-25-26(23)30-34-28(25)21-10-5-4-9-20(21)27(24)32/h4-10,12-13,16-17,29H,11,14-15H2,1-3H3/t16-,17+. The molecule has 0 amide bonds. The number of hydrogen-bond acceptors (Lipinski definition) is 6. The van der Waals surface area contributed by atoms with Crippen molar-refractivity contribution in [3.05, 3.63) is 65.7 Å². The zero-order valence-electron chi connectivity index (χ0n) is 19.6. The molecule has 0 saturated carbocycles. The molecule has 0 unspecified atom stereocenters. The fourth-order valence-corrected chi connectivity index (χ4v) is 5.60. The van der Waals surface area contributed by atoms with Gasteiger partial charge in [-0.25, -0.2) is 0 Å². The van der Waals surface area contributed by atoms with Gasteiger partial charge in [0.2, 0.25) is 0 Å². The molecule has 1 aliphatic heterocycles. The molecule has 2 aliphatic rings. The zero-order valence-corrected chi connectivity index (χ0v) is 19.6. The SMILES string of the molecule is COc1cccc(Nc2cc(N3C[C@H](C)C[C@H](C)C3)c3noc4c3c2C(=O)c2ccccc2-4)c1. The van der Waals surface area contributed by atoms with Crippen molar-refractivity contribution in [3.63, 3.8) is 0 Å². The Balaban J connectivity index is 1.59. The van der Waals surface area contributed by atoms with Crippen molar-refractivity contribution in [2.45, 2.75) is 20.3 Å². The van der Waals surface area contributed by atoms with Gasteiger partial charge < -0.3 is 19.5 Å². The van der Waals surface area contributed by atoms with Crippen LogP contribution in [0.25, 0.3) is 22.2 Å². The van der Waals surface area contributed by atoms with Gasteiger partial charge in [0.05, 0.1) is 29.4 Å². The Morgan fingerprint density at radius 1 is 1.03 bits per heavy atom. The van der Waals surface area contributed by atoms with Gasteiger partial charge in [0.15, 0.2) is 11.5 Å². The van der Waals surface area contributed by atoms with Crippen molar-refractivity contribution < 1.29 is 14.1 Å². The van der Waals surface area contributed by atoms with E-state index in [1.165, 1.54) is 6.42 Å². The highest BCUT2D eigenvalue weighted by Gasteiger charge is 2.34. The van der Waals surface area contributed by atoms with E-state index in [1.54, 1.807) is 7.11 Å². The van der Waals surface area contributed by atoms with Crippen LogP contribution in [-0.4, -0.2) is 31.1 Å². The summed E-state index contributed by atoms with van der Waals surface area (Å²) < 4.78 is 11.3. The normalized spacial score (nSPS) is 19.3. The topological polar surface area (TPSA) is 67.6 Å². The van der Waals surface area contributed by atoms with Crippen LogP contribution in [0.1, 0.15) is 36.2 Å². The van der Waals surface area contributed by atoms with E-state index in [4.69, 9.17) is 9.26 Å². The molecular formula is C28H27N3O3. The first-order valence-electron chi connectivity index (χ1n) is 11.8. The summed E-state index contributed by atoms with van der Waals surface area (Å²) in [7, 11) is 1.65. The van der Waals surface area contributed by atoms with Gasteiger partial charge in [0, 0.05) is 36.0 Å². The molecule has 2 atom stereocenters. The van der Waals surface area contributed by atoms with Crippen LogP contribution < -0.4 is 15.0 Å². The lowest BCUT2D eigenvalue weighted by Gasteiger charge is -2.37. The fourth-order valence-electron chi connectivity index (χ4n) is 5.60. The minimum Gasteiger partial charge on any atom is -0.497 e. The quantitative estimate of drug-likeness (QED) is 0.346. The summed E-state index contributed by atoms with van der Waals surface area (Å²) in [5, 5.41) is 8.80. The van der Waals surface area contributed by atoms with E-state index in [9.17, 15) is 4.79 Å². The Morgan fingerprint density at radius 2 is 1.79 bits per heavy atom. The highest BCUT2D eigenvalue weighted by Crippen LogP contribution is 2.47. The molecule has 0 bridgehead atoms. The third kappa shape index (κ3) is 3.24. The molecule has 2 heterocycles. The molecule has 1 aliphatic carbocycles. The molecule has 6 heteroatoms. The molecule has 0 spiro atoms. The number of ketones is 1. The van der Waals surface area contributed by atoms with E-state index in [0.717, 1.165) is 52.4 Å². The first-order chi connectivity index (χ1) is 16.5. The van der Waals surface area contributed by atoms with Crippen molar-refractivity contribution in [1.29, 1.82) is 0 Å². The Bertz CT molecular complexity index is 1410. The van der Waals surface area contributed by atoms with Crippen LogP contribution in [-0.2, 0) is 0 Å². The second-order valence-corrected chi connectivity index (χ2v) is 9.64. The number of ether oxygens (including phenoxy) is 1. The molecule has 1 fully saturated rings. The molecular weight excluding hydrogens is 426 g/mol. The number of anilines is 3. The van der Waals surface area contributed by atoms with Crippen LogP contribution in [0.15, 0.2) is 59.1 Å². The predicted molar refractivity (Wildman–Crippen MR) is 134 cm³/mol. The maximum Gasteiger partial charge on any atom is 0.196 e. The monoisotopic (exact) mass is 453 g/mol. The summed E-state index contributed by atoms with van der Waals surface area (Å²) in [4.78, 5) is 16.2. The minimum atomic E-state index is -0.0198. The first kappa shape index (κ1) is 20.8. The lowest BCUT2D eigenvalue weighted by atomic mass is 9.85. The van der Waals surface area contributed by atoms with Crippen LogP contribution in [0.2, 0.25) is 0 Å². The van der Waals surface area contributed by atoms with E-state index in [0.29, 0.717) is 28.7 Å². The van der Waals surface area contributed by atoms with Crippen molar-refractivity contribution >= 4 is 33.7 Å². The van der Waals surface area contributed by atoms with Gasteiger partial charge in [-0.1, -0.05) is 49.3 Å². The number of fused-ring (bicyclic) bond motifs is 2. The van der Waals surface area contributed by atoms with E-state index in [2.05, 4.69) is 35.3 Å². The highest BCUT2D eigenvalue weighted by atomic mass is 16.5. The summed E-state index contributed by atoms with van der Waals surface area (Å²) in [6.07, 6.45) is 1.21. The van der Waals surface area contributed by atoms with Crippen molar-refractivity contribution in [2.75, 3.05) is 30.4 Å². The number of methoxy groups -OCH3 is 1. The van der Waals surface area contributed by atoms with Crippen LogP contribution in [0.3, 0.4) is 0 Å². The number of aromatic nitrogens is 1. The second-order valence-electron chi connectivity index (χ2n) is 9.64. The maximum absolute atomic E-state index is 13.8. The Kier molecular flexibility index (Phi) is 4.83. The van der Waals surface area contributed by atoms with Gasteiger partial charge in [-0.05, 0) is 36.5 Å². The third-order valence-electron chi connectivity index (χ3n) is 6.94. The smallest absolute Gasteiger partial charge is 0.196 e.